The van der Waals surface area contributed by atoms with Gasteiger partial charge >= 0.3 is 0 Å². The fourth-order valence-electron chi connectivity index (χ4n) is 4.95. The number of anilines is 2. The topological polar surface area (TPSA) is 142 Å². The summed E-state index contributed by atoms with van der Waals surface area (Å²) in [4.78, 5) is 50.2. The Morgan fingerprint density at radius 1 is 0.583 bits per heavy atom. The third kappa shape index (κ3) is 9.49. The number of hydrogen-bond donors (Lipinski definition) is 2. The Hall–Kier alpha value is -5.06. The van der Waals surface area contributed by atoms with E-state index in [1.54, 1.807) is 60.7 Å². The maximum absolute atomic E-state index is 12.8. The number of nitrogens with one attached hydrogen (secondary N) is 2. The van der Waals surface area contributed by atoms with Gasteiger partial charge in [0.15, 0.2) is 11.6 Å². The first kappa shape index (κ1) is 35.8. The van der Waals surface area contributed by atoms with Crippen molar-refractivity contribution in [2.24, 2.45) is 20.5 Å². The third-order valence-corrected chi connectivity index (χ3v) is 7.64. The van der Waals surface area contributed by atoms with Crippen LogP contribution < -0.4 is 10.6 Å². The zero-order valence-electron chi connectivity index (χ0n) is 27.3. The average molecular weight is 686 g/mol. The van der Waals surface area contributed by atoms with Crippen molar-refractivity contribution in [1.82, 2.24) is 0 Å². The van der Waals surface area contributed by atoms with Gasteiger partial charge in [-0.15, -0.1) is 0 Å². The largest absolute Gasteiger partial charge is 0.324 e. The Kier molecular flexibility index (Phi) is 11.7. The Balaban J connectivity index is 1.47. The summed E-state index contributed by atoms with van der Waals surface area (Å²) in [6.07, 6.45) is 0. The first-order chi connectivity index (χ1) is 22.7. The standard InChI is InChI=1S/C36H34Cl2N6O4/c1-19-11-20(2)14-27(13-19)39-35(47)33(23(5)45)43-41-26-8-9-29(30(37)18-26)25-7-10-32(31(38)17-25)42-44-34(24(6)46)36(48)40-28-15-21(3)12-22(4)16-28/h7-18,33-34H,1-6H3,(H,39,47)(H,40,48). The van der Waals surface area contributed by atoms with Crippen molar-refractivity contribution < 1.29 is 19.2 Å². The number of hydrogen-bond acceptors (Lipinski definition) is 8. The average Bonchev–Trinajstić information content (AvgIpc) is 2.96. The lowest BCUT2D eigenvalue weighted by Crippen LogP contribution is -2.31. The molecule has 2 amide bonds. The first-order valence-electron chi connectivity index (χ1n) is 14.9. The fourth-order valence-corrected chi connectivity index (χ4v) is 5.45. The second kappa shape index (κ2) is 15.7. The van der Waals surface area contributed by atoms with Gasteiger partial charge in [0.05, 0.1) is 15.7 Å². The van der Waals surface area contributed by atoms with Crippen molar-refractivity contribution in [3.8, 4) is 11.1 Å². The van der Waals surface area contributed by atoms with Crippen LogP contribution in [0.5, 0.6) is 0 Å². The number of nitrogens with zero attached hydrogens (tertiary/aromatic N) is 4. The van der Waals surface area contributed by atoms with E-state index in [0.717, 1.165) is 22.3 Å². The summed E-state index contributed by atoms with van der Waals surface area (Å²) < 4.78 is 0. The van der Waals surface area contributed by atoms with E-state index in [-0.39, 0.29) is 10.7 Å². The van der Waals surface area contributed by atoms with Crippen molar-refractivity contribution in [3.63, 3.8) is 0 Å². The Bertz CT molecular complexity index is 1930. The zero-order valence-corrected chi connectivity index (χ0v) is 28.8. The molecule has 2 atom stereocenters. The molecule has 0 spiro atoms. The molecule has 4 aromatic rings. The smallest absolute Gasteiger partial charge is 0.258 e. The van der Waals surface area contributed by atoms with Gasteiger partial charge in [-0.1, -0.05) is 47.5 Å². The van der Waals surface area contributed by atoms with Gasteiger partial charge in [0.2, 0.25) is 12.1 Å². The van der Waals surface area contributed by atoms with Gasteiger partial charge in [-0.25, -0.2) is 0 Å². The molecular weight excluding hydrogens is 651 g/mol. The maximum atomic E-state index is 12.8. The number of rotatable bonds is 11. The number of azo groups is 2. The third-order valence-electron chi connectivity index (χ3n) is 7.03. The Labute approximate surface area is 288 Å². The number of aryl methyl sites for hydroxylation is 4. The summed E-state index contributed by atoms with van der Waals surface area (Å²) in [5.74, 6) is -2.15. The maximum Gasteiger partial charge on any atom is 0.258 e. The van der Waals surface area contributed by atoms with Crippen molar-refractivity contribution in [2.45, 2.75) is 53.6 Å². The highest BCUT2D eigenvalue weighted by Crippen LogP contribution is 2.36. The van der Waals surface area contributed by atoms with E-state index >= 15 is 0 Å². The molecule has 246 valence electrons. The van der Waals surface area contributed by atoms with E-state index in [2.05, 4.69) is 31.1 Å². The molecule has 0 heterocycles. The minimum absolute atomic E-state index is 0.215. The molecule has 2 N–H and O–H groups in total. The van der Waals surface area contributed by atoms with Crippen LogP contribution in [0.25, 0.3) is 11.1 Å². The summed E-state index contributed by atoms with van der Waals surface area (Å²) in [6, 6.07) is 18.2. The van der Waals surface area contributed by atoms with Crippen LogP contribution in [0.15, 0.2) is 93.3 Å². The molecule has 48 heavy (non-hydrogen) atoms. The lowest BCUT2D eigenvalue weighted by atomic mass is 10.0. The number of carbonyl (C=O) groups excluding carboxylic acids is 4. The van der Waals surface area contributed by atoms with E-state index in [9.17, 15) is 19.2 Å². The predicted octanol–water partition coefficient (Wildman–Crippen LogP) is 9.25. The Morgan fingerprint density at radius 2 is 1.06 bits per heavy atom. The van der Waals surface area contributed by atoms with Crippen LogP contribution in [0.1, 0.15) is 36.1 Å². The second-order valence-electron chi connectivity index (χ2n) is 11.5. The number of ketones is 2. The lowest BCUT2D eigenvalue weighted by Gasteiger charge is -2.11. The molecule has 0 aliphatic rings. The first-order valence-corrected chi connectivity index (χ1v) is 15.7. The predicted molar refractivity (Wildman–Crippen MR) is 189 cm³/mol. The number of halogens is 2. The molecule has 0 fully saturated rings. The van der Waals surface area contributed by atoms with Crippen LogP contribution in [0.4, 0.5) is 22.7 Å². The van der Waals surface area contributed by atoms with Gasteiger partial charge in [0, 0.05) is 16.9 Å². The monoisotopic (exact) mass is 684 g/mol. The van der Waals surface area contributed by atoms with Crippen LogP contribution >= 0.6 is 23.2 Å². The summed E-state index contributed by atoms with van der Waals surface area (Å²) in [6.45, 7) is 10.2. The number of amides is 2. The van der Waals surface area contributed by atoms with Crippen molar-refractivity contribution in [3.05, 3.63) is 105 Å². The summed E-state index contributed by atoms with van der Waals surface area (Å²) >= 11 is 13.1. The highest BCUT2D eigenvalue weighted by atomic mass is 35.5. The molecule has 4 rings (SSSR count). The minimum atomic E-state index is -1.36. The van der Waals surface area contributed by atoms with Gasteiger partial charge in [0.1, 0.15) is 5.69 Å². The van der Waals surface area contributed by atoms with E-state index in [1.807, 2.05) is 39.8 Å². The van der Waals surface area contributed by atoms with E-state index < -0.39 is 35.5 Å². The number of carbonyl (C=O) groups is 4. The molecule has 0 aliphatic heterocycles. The van der Waals surface area contributed by atoms with Gasteiger partial charge < -0.3 is 10.6 Å². The number of benzene rings is 4. The second-order valence-corrected chi connectivity index (χ2v) is 12.3. The highest BCUT2D eigenvalue weighted by molar-refractivity contribution is 6.34. The molecule has 0 saturated heterocycles. The van der Waals surface area contributed by atoms with Crippen LogP contribution in [0, 0.1) is 27.7 Å². The van der Waals surface area contributed by atoms with Gasteiger partial charge in [0.25, 0.3) is 11.8 Å². The van der Waals surface area contributed by atoms with Crippen LogP contribution in [0.3, 0.4) is 0 Å². The molecule has 0 aromatic heterocycles. The fraction of sp³-hybridized carbons (Fsp3) is 0.222. The van der Waals surface area contributed by atoms with Crippen molar-refractivity contribution in [1.29, 1.82) is 0 Å². The quantitative estimate of drug-likeness (QED) is 0.120. The van der Waals surface area contributed by atoms with E-state index in [1.165, 1.54) is 13.8 Å². The normalized spacial score (nSPS) is 12.6. The molecular formula is C36H34Cl2N6O4. The SMILES string of the molecule is CC(=O)C(N=Nc1ccc(-c2ccc(N=NC(C(C)=O)C(=O)Nc3cc(C)cc(C)c3)c(Cl)c2)c(Cl)c1)C(=O)Nc1cc(C)cc(C)c1. The summed E-state index contributed by atoms with van der Waals surface area (Å²) in [5.41, 5.74) is 6.84. The molecule has 0 radical (unpaired) electrons. The molecule has 2 unspecified atom stereocenters. The molecule has 0 aliphatic carbocycles. The molecule has 0 bridgehead atoms. The van der Waals surface area contributed by atoms with Gasteiger partial charge in [-0.2, -0.15) is 20.5 Å². The van der Waals surface area contributed by atoms with Crippen LogP contribution in [-0.4, -0.2) is 35.5 Å². The van der Waals surface area contributed by atoms with Crippen molar-refractivity contribution in [2.75, 3.05) is 10.6 Å². The highest BCUT2D eigenvalue weighted by Gasteiger charge is 2.24. The van der Waals surface area contributed by atoms with Crippen molar-refractivity contribution >= 4 is 69.3 Å². The van der Waals surface area contributed by atoms with Gasteiger partial charge in [-0.3, -0.25) is 19.2 Å². The zero-order chi connectivity index (χ0) is 35.1. The summed E-state index contributed by atoms with van der Waals surface area (Å²) in [7, 11) is 0. The van der Waals surface area contributed by atoms with E-state index in [0.29, 0.717) is 33.2 Å². The van der Waals surface area contributed by atoms with Crippen LogP contribution in [0.2, 0.25) is 10.0 Å². The number of Topliss-reactive ketones (excluding diaryl/α,β-unsaturated/α-hetero) is 2. The molecule has 0 saturated carbocycles. The van der Waals surface area contributed by atoms with E-state index in [4.69, 9.17) is 23.2 Å². The molecule has 10 nitrogen and oxygen atoms in total. The lowest BCUT2D eigenvalue weighted by molar-refractivity contribution is -0.127. The van der Waals surface area contributed by atoms with Crippen LogP contribution in [-0.2, 0) is 19.2 Å². The molecule has 12 heteroatoms. The van der Waals surface area contributed by atoms with Gasteiger partial charge in [-0.05, 0) is 118 Å². The molecule has 4 aromatic carbocycles. The Morgan fingerprint density at radius 3 is 1.50 bits per heavy atom. The minimum Gasteiger partial charge on any atom is -0.324 e. The summed E-state index contributed by atoms with van der Waals surface area (Å²) in [5, 5.41) is 22.2.